The highest BCUT2D eigenvalue weighted by molar-refractivity contribution is 14.0. The van der Waals surface area contributed by atoms with Gasteiger partial charge in [0.2, 0.25) is 0 Å². The van der Waals surface area contributed by atoms with Crippen LogP contribution in [0.4, 0.5) is 0 Å². The van der Waals surface area contributed by atoms with Gasteiger partial charge in [-0.1, -0.05) is 13.8 Å². The average Bonchev–Trinajstić information content (AvgIpc) is 3.26. The molecule has 0 amide bonds. The van der Waals surface area contributed by atoms with Crippen molar-refractivity contribution in [2.24, 2.45) is 16.8 Å². The van der Waals surface area contributed by atoms with Crippen molar-refractivity contribution in [2.45, 2.75) is 46.1 Å². The molecule has 138 valence electrons. The molecule has 0 heterocycles. The molecule has 0 spiro atoms. The van der Waals surface area contributed by atoms with Gasteiger partial charge in [0.25, 0.3) is 0 Å². The van der Waals surface area contributed by atoms with Crippen molar-refractivity contribution in [3.63, 3.8) is 0 Å². The highest BCUT2D eigenvalue weighted by atomic mass is 127. The van der Waals surface area contributed by atoms with Crippen LogP contribution in [0.1, 0.15) is 40.0 Å². The fourth-order valence-electron chi connectivity index (χ4n) is 2.40. The van der Waals surface area contributed by atoms with Gasteiger partial charge in [-0.25, -0.2) is 0 Å². The van der Waals surface area contributed by atoms with Crippen molar-refractivity contribution < 1.29 is 4.74 Å². The number of guanidine groups is 1. The lowest BCUT2D eigenvalue weighted by atomic mass is 10.1. The summed E-state index contributed by atoms with van der Waals surface area (Å²) in [6, 6.07) is 0.567. The lowest BCUT2D eigenvalue weighted by Crippen LogP contribution is -2.41. The molecule has 1 aliphatic rings. The van der Waals surface area contributed by atoms with Gasteiger partial charge < -0.3 is 20.3 Å². The Hall–Kier alpha value is -0.0800. The maximum absolute atomic E-state index is 5.63. The zero-order valence-corrected chi connectivity index (χ0v) is 17.9. The number of halogens is 1. The van der Waals surface area contributed by atoms with E-state index in [0.29, 0.717) is 12.0 Å². The average molecular weight is 440 g/mol. The predicted molar refractivity (Wildman–Crippen MR) is 110 cm³/mol. The van der Waals surface area contributed by atoms with E-state index >= 15 is 0 Å². The standard InChI is InChI=1S/C17H36N4O.HI/c1-6-18-17(19-10-12-22-11-9-14(2)3)20-13-16(21(4)5)15-7-8-15;/h14-16H,6-13H2,1-5H3,(H2,18,19,20);1H. The van der Waals surface area contributed by atoms with Crippen LogP contribution < -0.4 is 10.6 Å². The Bertz CT molecular complexity index is 318. The second-order valence-corrected chi connectivity index (χ2v) is 6.81. The Morgan fingerprint density at radius 3 is 2.43 bits per heavy atom. The third-order valence-electron chi connectivity index (χ3n) is 3.99. The van der Waals surface area contributed by atoms with Gasteiger partial charge in [0.15, 0.2) is 5.96 Å². The molecule has 6 heteroatoms. The maximum atomic E-state index is 5.63. The topological polar surface area (TPSA) is 48.9 Å². The van der Waals surface area contributed by atoms with Crippen LogP contribution in [0.3, 0.4) is 0 Å². The molecule has 1 aliphatic carbocycles. The van der Waals surface area contributed by atoms with Gasteiger partial charge in [0, 0.05) is 25.7 Å². The Balaban J connectivity index is 0.00000484. The molecule has 0 radical (unpaired) electrons. The van der Waals surface area contributed by atoms with Crippen LogP contribution in [0.25, 0.3) is 0 Å². The second kappa shape index (κ2) is 13.2. The van der Waals surface area contributed by atoms with Gasteiger partial charge >= 0.3 is 0 Å². The third-order valence-corrected chi connectivity index (χ3v) is 3.99. The van der Waals surface area contributed by atoms with Crippen molar-refractivity contribution in [1.82, 2.24) is 15.5 Å². The van der Waals surface area contributed by atoms with E-state index in [9.17, 15) is 0 Å². The minimum atomic E-state index is 0. The SMILES string of the molecule is CCNC(=NCC(C1CC1)N(C)C)NCCOCCC(C)C.I. The van der Waals surface area contributed by atoms with Gasteiger partial charge in [-0.2, -0.15) is 0 Å². The Labute approximate surface area is 160 Å². The first-order chi connectivity index (χ1) is 10.5. The van der Waals surface area contributed by atoms with Crippen molar-refractivity contribution in [1.29, 1.82) is 0 Å². The van der Waals surface area contributed by atoms with Gasteiger partial charge in [0.05, 0.1) is 13.2 Å². The summed E-state index contributed by atoms with van der Waals surface area (Å²) in [6.07, 6.45) is 3.83. The van der Waals surface area contributed by atoms with E-state index < -0.39 is 0 Å². The normalized spacial score (nSPS) is 16.4. The predicted octanol–water partition coefficient (Wildman–Crippen LogP) is 2.56. The van der Waals surface area contributed by atoms with Gasteiger partial charge in [-0.3, -0.25) is 4.99 Å². The largest absolute Gasteiger partial charge is 0.380 e. The number of ether oxygens (including phenoxy) is 1. The Morgan fingerprint density at radius 2 is 1.91 bits per heavy atom. The first-order valence-electron chi connectivity index (χ1n) is 8.81. The molecule has 0 bridgehead atoms. The highest BCUT2D eigenvalue weighted by Gasteiger charge is 2.32. The van der Waals surface area contributed by atoms with E-state index in [1.54, 1.807) is 0 Å². The number of nitrogens with one attached hydrogen (secondary N) is 2. The summed E-state index contributed by atoms with van der Waals surface area (Å²) in [5.41, 5.74) is 0. The molecule has 0 aliphatic heterocycles. The fraction of sp³-hybridized carbons (Fsp3) is 0.941. The molecule has 0 aromatic heterocycles. The highest BCUT2D eigenvalue weighted by Crippen LogP contribution is 2.34. The number of likely N-dealkylation sites (N-methyl/N-ethyl adjacent to an activating group) is 1. The summed E-state index contributed by atoms with van der Waals surface area (Å²) in [7, 11) is 4.31. The monoisotopic (exact) mass is 440 g/mol. The molecule has 1 atom stereocenters. The van der Waals surface area contributed by atoms with Crippen molar-refractivity contribution >= 4 is 29.9 Å². The number of rotatable bonds is 11. The van der Waals surface area contributed by atoms with Crippen LogP contribution in [0, 0.1) is 11.8 Å². The Morgan fingerprint density at radius 1 is 1.22 bits per heavy atom. The quantitative estimate of drug-likeness (QED) is 0.225. The molecular weight excluding hydrogens is 403 g/mol. The van der Waals surface area contributed by atoms with Crippen LogP contribution in [0.15, 0.2) is 4.99 Å². The van der Waals surface area contributed by atoms with Crippen molar-refractivity contribution in [2.75, 3.05) is 46.9 Å². The molecule has 0 saturated heterocycles. The summed E-state index contributed by atoms with van der Waals surface area (Å²) in [5.74, 6) is 2.45. The van der Waals surface area contributed by atoms with E-state index in [-0.39, 0.29) is 24.0 Å². The number of aliphatic imine (C=N–C) groups is 1. The van der Waals surface area contributed by atoms with Gasteiger partial charge in [-0.15, -0.1) is 24.0 Å². The lowest BCUT2D eigenvalue weighted by Gasteiger charge is -2.23. The zero-order valence-electron chi connectivity index (χ0n) is 15.6. The number of hydrogen-bond donors (Lipinski definition) is 2. The van der Waals surface area contributed by atoms with Crippen LogP contribution in [-0.2, 0) is 4.74 Å². The summed E-state index contributed by atoms with van der Waals surface area (Å²) in [6.45, 7) is 10.7. The molecule has 1 fully saturated rings. The molecule has 5 nitrogen and oxygen atoms in total. The van der Waals surface area contributed by atoms with E-state index in [1.807, 2.05) is 0 Å². The fourth-order valence-corrected chi connectivity index (χ4v) is 2.40. The van der Waals surface area contributed by atoms with Gasteiger partial charge in [-0.05, 0) is 52.1 Å². The summed E-state index contributed by atoms with van der Waals surface area (Å²) in [5, 5.41) is 6.67. The van der Waals surface area contributed by atoms with Crippen molar-refractivity contribution in [3.05, 3.63) is 0 Å². The van der Waals surface area contributed by atoms with Crippen LogP contribution in [0.2, 0.25) is 0 Å². The number of hydrogen-bond acceptors (Lipinski definition) is 3. The Kier molecular flexibility index (Phi) is 13.2. The van der Waals surface area contributed by atoms with Gasteiger partial charge in [0.1, 0.15) is 0 Å². The van der Waals surface area contributed by atoms with Crippen LogP contribution in [-0.4, -0.2) is 63.8 Å². The first-order valence-corrected chi connectivity index (χ1v) is 8.81. The lowest BCUT2D eigenvalue weighted by molar-refractivity contribution is 0.128. The van der Waals surface area contributed by atoms with Crippen LogP contribution >= 0.6 is 24.0 Å². The van der Waals surface area contributed by atoms with E-state index in [1.165, 1.54) is 12.8 Å². The summed E-state index contributed by atoms with van der Waals surface area (Å²) >= 11 is 0. The molecule has 0 aromatic rings. The summed E-state index contributed by atoms with van der Waals surface area (Å²) in [4.78, 5) is 7.04. The molecule has 1 saturated carbocycles. The van der Waals surface area contributed by atoms with E-state index in [4.69, 9.17) is 9.73 Å². The molecule has 1 unspecified atom stereocenters. The molecule has 0 aromatic carbocycles. The maximum Gasteiger partial charge on any atom is 0.191 e. The first kappa shape index (κ1) is 22.9. The van der Waals surface area contributed by atoms with E-state index in [0.717, 1.165) is 51.1 Å². The minimum Gasteiger partial charge on any atom is -0.380 e. The third kappa shape index (κ3) is 11.2. The molecule has 23 heavy (non-hydrogen) atoms. The second-order valence-electron chi connectivity index (χ2n) is 6.81. The van der Waals surface area contributed by atoms with Crippen molar-refractivity contribution in [3.8, 4) is 0 Å². The molecular formula is C17H37IN4O. The zero-order chi connectivity index (χ0) is 16.4. The molecule has 1 rings (SSSR count). The van der Waals surface area contributed by atoms with Crippen LogP contribution in [0.5, 0.6) is 0 Å². The smallest absolute Gasteiger partial charge is 0.191 e. The molecule has 2 N–H and O–H groups in total. The van der Waals surface area contributed by atoms with E-state index in [2.05, 4.69) is 50.4 Å². The summed E-state index contributed by atoms with van der Waals surface area (Å²) < 4.78 is 5.63. The minimum absolute atomic E-state index is 0. The number of nitrogens with zero attached hydrogens (tertiary/aromatic N) is 2.